The average molecular weight is 247 g/mol. The summed E-state index contributed by atoms with van der Waals surface area (Å²) in [4.78, 5) is 14.4. The van der Waals surface area contributed by atoms with E-state index in [0.29, 0.717) is 16.6 Å². The number of hydrogen-bond donors (Lipinski definition) is 2. The number of fused-ring (bicyclic) bond motifs is 1. The van der Waals surface area contributed by atoms with E-state index in [2.05, 4.69) is 19.9 Å². The van der Waals surface area contributed by atoms with Crippen molar-refractivity contribution in [2.75, 3.05) is 5.73 Å². The van der Waals surface area contributed by atoms with Crippen LogP contribution in [0.2, 0.25) is 0 Å². The molecule has 0 atom stereocenters. The van der Waals surface area contributed by atoms with Crippen LogP contribution >= 0.6 is 0 Å². The first-order valence-corrected chi connectivity index (χ1v) is 5.06. The van der Waals surface area contributed by atoms with E-state index in [1.54, 1.807) is 6.20 Å². The van der Waals surface area contributed by atoms with Gasteiger partial charge in [-0.05, 0) is 6.07 Å². The molecule has 90 valence electrons. The van der Waals surface area contributed by atoms with Crippen LogP contribution in [0.15, 0.2) is 24.7 Å². The van der Waals surface area contributed by atoms with E-state index in [4.69, 9.17) is 5.73 Å². The van der Waals surface area contributed by atoms with Crippen LogP contribution in [0.1, 0.15) is 0 Å². The third-order valence-corrected chi connectivity index (χ3v) is 2.51. The molecule has 0 spiro atoms. The van der Waals surface area contributed by atoms with Crippen molar-refractivity contribution in [1.29, 1.82) is 0 Å². The van der Waals surface area contributed by atoms with Gasteiger partial charge < -0.3 is 10.7 Å². The van der Waals surface area contributed by atoms with E-state index < -0.39 is 11.6 Å². The lowest BCUT2D eigenvalue weighted by atomic mass is 10.2. The highest BCUT2D eigenvalue weighted by Gasteiger charge is 2.12. The number of nitrogens with two attached hydrogens (primary N) is 1. The lowest BCUT2D eigenvalue weighted by molar-refractivity contribution is 0.620. The SMILES string of the molecule is Nc1nc(-c2c[nH]c3ncc(F)cc23)ncc1F. The molecule has 3 aromatic heterocycles. The number of H-pyrrole nitrogens is 1. The van der Waals surface area contributed by atoms with E-state index in [1.807, 2.05) is 0 Å². The largest absolute Gasteiger partial charge is 0.381 e. The minimum absolute atomic E-state index is 0.215. The summed E-state index contributed by atoms with van der Waals surface area (Å²) < 4.78 is 26.1. The highest BCUT2D eigenvalue weighted by Crippen LogP contribution is 2.26. The second kappa shape index (κ2) is 3.73. The summed E-state index contributed by atoms with van der Waals surface area (Å²) in [7, 11) is 0. The van der Waals surface area contributed by atoms with Crippen LogP contribution in [-0.4, -0.2) is 19.9 Å². The fourth-order valence-electron chi connectivity index (χ4n) is 1.67. The Bertz CT molecular complexity index is 737. The van der Waals surface area contributed by atoms with Gasteiger partial charge in [0.1, 0.15) is 11.5 Å². The molecule has 0 aliphatic carbocycles. The average Bonchev–Trinajstić information content (AvgIpc) is 2.75. The standard InChI is InChI=1S/C11H7F2N5/c12-5-1-6-7(3-16-10(6)15-2-5)11-17-4-8(13)9(14)18-11/h1-4H,(H,15,16)(H2,14,17,18). The quantitative estimate of drug-likeness (QED) is 0.688. The van der Waals surface area contributed by atoms with Crippen LogP contribution in [0, 0.1) is 11.6 Å². The van der Waals surface area contributed by atoms with Gasteiger partial charge in [-0.15, -0.1) is 0 Å². The molecule has 0 fully saturated rings. The van der Waals surface area contributed by atoms with Gasteiger partial charge in [-0.2, -0.15) is 0 Å². The van der Waals surface area contributed by atoms with E-state index in [1.165, 1.54) is 6.07 Å². The van der Waals surface area contributed by atoms with Crippen molar-refractivity contribution in [3.8, 4) is 11.4 Å². The number of hydrogen-bond acceptors (Lipinski definition) is 4. The molecule has 18 heavy (non-hydrogen) atoms. The van der Waals surface area contributed by atoms with Crippen molar-refractivity contribution < 1.29 is 8.78 Å². The Morgan fingerprint density at radius 1 is 1.17 bits per heavy atom. The van der Waals surface area contributed by atoms with Gasteiger partial charge in [0.15, 0.2) is 17.5 Å². The first-order chi connectivity index (χ1) is 8.65. The number of nitrogens with one attached hydrogen (secondary N) is 1. The molecule has 0 aliphatic heterocycles. The second-order valence-electron chi connectivity index (χ2n) is 3.68. The van der Waals surface area contributed by atoms with Gasteiger partial charge in [-0.25, -0.2) is 23.7 Å². The normalized spacial score (nSPS) is 11.0. The molecule has 0 aromatic carbocycles. The Morgan fingerprint density at radius 2 is 2.00 bits per heavy atom. The summed E-state index contributed by atoms with van der Waals surface area (Å²) in [5.74, 6) is -1.20. The van der Waals surface area contributed by atoms with E-state index in [9.17, 15) is 8.78 Å². The molecular formula is C11H7F2N5. The number of pyridine rings is 1. The van der Waals surface area contributed by atoms with Crippen LogP contribution < -0.4 is 5.73 Å². The summed E-state index contributed by atoms with van der Waals surface area (Å²) in [6, 6.07) is 1.30. The van der Waals surface area contributed by atoms with Crippen molar-refractivity contribution in [3.05, 3.63) is 36.3 Å². The Morgan fingerprint density at radius 3 is 2.78 bits per heavy atom. The molecule has 3 heterocycles. The molecule has 0 unspecified atom stereocenters. The molecule has 3 rings (SSSR count). The monoisotopic (exact) mass is 247 g/mol. The van der Waals surface area contributed by atoms with Crippen molar-refractivity contribution in [2.45, 2.75) is 0 Å². The van der Waals surface area contributed by atoms with Gasteiger partial charge in [-0.3, -0.25) is 0 Å². The van der Waals surface area contributed by atoms with Gasteiger partial charge in [0.05, 0.1) is 12.4 Å². The molecular weight excluding hydrogens is 240 g/mol. The molecule has 0 amide bonds. The maximum Gasteiger partial charge on any atom is 0.183 e. The van der Waals surface area contributed by atoms with Gasteiger partial charge in [-0.1, -0.05) is 0 Å². The summed E-state index contributed by atoms with van der Waals surface area (Å²) in [6.45, 7) is 0. The zero-order valence-electron chi connectivity index (χ0n) is 8.98. The maximum absolute atomic E-state index is 13.2. The Balaban J connectivity index is 2.24. The number of nitrogens with zero attached hydrogens (tertiary/aromatic N) is 3. The Hall–Kier alpha value is -2.57. The first kappa shape index (κ1) is 10.6. The van der Waals surface area contributed by atoms with Crippen molar-refractivity contribution >= 4 is 16.9 Å². The summed E-state index contributed by atoms with van der Waals surface area (Å²) in [5, 5.41) is 0.515. The number of halogens is 2. The predicted octanol–water partition coefficient (Wildman–Crippen LogP) is 1.88. The van der Waals surface area contributed by atoms with E-state index >= 15 is 0 Å². The number of anilines is 1. The minimum Gasteiger partial charge on any atom is -0.381 e. The minimum atomic E-state index is -0.692. The zero-order chi connectivity index (χ0) is 12.7. The van der Waals surface area contributed by atoms with Crippen molar-refractivity contribution in [3.63, 3.8) is 0 Å². The lowest BCUT2D eigenvalue weighted by Gasteiger charge is -2.00. The van der Waals surface area contributed by atoms with Crippen LogP contribution in [0.25, 0.3) is 22.4 Å². The molecule has 3 N–H and O–H groups in total. The number of aromatic nitrogens is 4. The van der Waals surface area contributed by atoms with Crippen LogP contribution in [0.4, 0.5) is 14.6 Å². The molecule has 0 saturated heterocycles. The highest BCUT2D eigenvalue weighted by atomic mass is 19.1. The highest BCUT2D eigenvalue weighted by molar-refractivity contribution is 5.91. The fraction of sp³-hybridized carbons (Fsp3) is 0. The molecule has 0 saturated carbocycles. The maximum atomic E-state index is 13.2. The number of aromatic amines is 1. The first-order valence-electron chi connectivity index (χ1n) is 5.06. The molecule has 0 aliphatic rings. The fourth-order valence-corrected chi connectivity index (χ4v) is 1.67. The topological polar surface area (TPSA) is 80.5 Å². The number of nitrogen functional groups attached to an aromatic ring is 1. The summed E-state index contributed by atoms with van der Waals surface area (Å²) in [5.41, 5.74) is 6.39. The third kappa shape index (κ3) is 1.56. The zero-order valence-corrected chi connectivity index (χ0v) is 8.98. The summed E-state index contributed by atoms with van der Waals surface area (Å²) in [6.07, 6.45) is 3.65. The van der Waals surface area contributed by atoms with Gasteiger partial charge in [0.25, 0.3) is 0 Å². The van der Waals surface area contributed by atoms with Crippen molar-refractivity contribution in [2.24, 2.45) is 0 Å². The smallest absolute Gasteiger partial charge is 0.183 e. The molecule has 7 heteroatoms. The van der Waals surface area contributed by atoms with Crippen LogP contribution in [0.3, 0.4) is 0 Å². The molecule has 0 bridgehead atoms. The number of rotatable bonds is 1. The van der Waals surface area contributed by atoms with E-state index in [-0.39, 0.29) is 11.6 Å². The third-order valence-electron chi connectivity index (χ3n) is 2.51. The lowest BCUT2D eigenvalue weighted by Crippen LogP contribution is -1.98. The van der Waals surface area contributed by atoms with Crippen LogP contribution in [0.5, 0.6) is 0 Å². The molecule has 5 nitrogen and oxygen atoms in total. The second-order valence-corrected chi connectivity index (χ2v) is 3.68. The molecule has 3 aromatic rings. The van der Waals surface area contributed by atoms with Crippen LogP contribution in [-0.2, 0) is 0 Å². The van der Waals surface area contributed by atoms with Crippen molar-refractivity contribution in [1.82, 2.24) is 19.9 Å². The van der Waals surface area contributed by atoms with Gasteiger partial charge in [0.2, 0.25) is 0 Å². The Kier molecular flexibility index (Phi) is 2.19. The molecule has 0 radical (unpaired) electrons. The summed E-state index contributed by atoms with van der Waals surface area (Å²) >= 11 is 0. The van der Waals surface area contributed by atoms with Gasteiger partial charge in [0, 0.05) is 17.1 Å². The Labute approximate surface area is 99.7 Å². The predicted molar refractivity (Wildman–Crippen MR) is 61.4 cm³/mol. The van der Waals surface area contributed by atoms with Gasteiger partial charge >= 0.3 is 0 Å². The van der Waals surface area contributed by atoms with E-state index in [0.717, 1.165) is 12.4 Å².